The summed E-state index contributed by atoms with van der Waals surface area (Å²) in [6, 6.07) is 6.79. The van der Waals surface area contributed by atoms with Crippen LogP contribution in [0, 0.1) is 5.92 Å². The van der Waals surface area contributed by atoms with Crippen molar-refractivity contribution in [2.24, 2.45) is 5.92 Å². The normalized spacial score (nSPS) is 16.7. The third-order valence-corrected chi connectivity index (χ3v) is 6.35. The molecule has 0 aromatic carbocycles. The quantitative estimate of drug-likeness (QED) is 0.665. The molecular weight excluding hydrogens is 410 g/mol. The van der Waals surface area contributed by atoms with Crippen LogP contribution in [0.25, 0.3) is 0 Å². The third kappa shape index (κ3) is 4.69. The molecule has 32 heavy (non-hydrogen) atoms. The number of nitrogens with zero attached hydrogens (tertiary/aromatic N) is 3. The van der Waals surface area contributed by atoms with Crippen molar-refractivity contribution in [2.75, 3.05) is 20.2 Å². The standard InChI is InChI=1S/C24H29N3O5/c1-31-24(30)22-19-10-12-26(23(29)17-7-3-2-4-8-17)13-14-27(19)21(28)15-20(22)32-16-18-9-5-6-11-25-18/h5-6,9,11,15,17H,2-4,7-8,10,12-14,16H2,1H3. The van der Waals surface area contributed by atoms with Crippen LogP contribution in [0.15, 0.2) is 35.3 Å². The minimum absolute atomic E-state index is 0.0685. The number of rotatable bonds is 5. The van der Waals surface area contributed by atoms with Crippen LogP contribution in [-0.4, -0.2) is 46.5 Å². The Morgan fingerprint density at radius 1 is 1.12 bits per heavy atom. The fourth-order valence-corrected chi connectivity index (χ4v) is 4.65. The van der Waals surface area contributed by atoms with E-state index in [1.54, 1.807) is 16.8 Å². The van der Waals surface area contributed by atoms with Crippen LogP contribution in [0.2, 0.25) is 0 Å². The molecule has 1 fully saturated rings. The molecule has 0 spiro atoms. The van der Waals surface area contributed by atoms with Crippen LogP contribution in [0.4, 0.5) is 0 Å². The monoisotopic (exact) mass is 439 g/mol. The first-order valence-electron chi connectivity index (χ1n) is 11.2. The number of fused-ring (bicyclic) bond motifs is 1. The van der Waals surface area contributed by atoms with Gasteiger partial charge in [0, 0.05) is 49.9 Å². The van der Waals surface area contributed by atoms with Gasteiger partial charge in [-0.1, -0.05) is 25.3 Å². The van der Waals surface area contributed by atoms with E-state index in [0.29, 0.717) is 37.4 Å². The molecule has 1 aliphatic carbocycles. The van der Waals surface area contributed by atoms with Crippen molar-refractivity contribution in [3.05, 3.63) is 57.8 Å². The SMILES string of the molecule is COC(=O)c1c(OCc2ccccn2)cc(=O)n2c1CCN(C(=O)C1CCCCC1)CC2. The average molecular weight is 440 g/mol. The van der Waals surface area contributed by atoms with E-state index in [2.05, 4.69) is 4.98 Å². The van der Waals surface area contributed by atoms with E-state index >= 15 is 0 Å². The van der Waals surface area contributed by atoms with Gasteiger partial charge in [-0.05, 0) is 25.0 Å². The lowest BCUT2D eigenvalue weighted by Crippen LogP contribution is -2.39. The molecule has 1 saturated carbocycles. The number of hydrogen-bond acceptors (Lipinski definition) is 6. The molecule has 8 nitrogen and oxygen atoms in total. The minimum Gasteiger partial charge on any atom is -0.486 e. The molecule has 2 aromatic rings. The number of carbonyl (C=O) groups excluding carboxylic acids is 2. The molecule has 0 radical (unpaired) electrons. The molecule has 4 rings (SSSR count). The molecule has 170 valence electrons. The van der Waals surface area contributed by atoms with Crippen molar-refractivity contribution in [3.8, 4) is 5.75 Å². The second-order valence-corrected chi connectivity index (χ2v) is 8.33. The van der Waals surface area contributed by atoms with Gasteiger partial charge in [0.05, 0.1) is 12.8 Å². The molecule has 3 heterocycles. The van der Waals surface area contributed by atoms with Gasteiger partial charge in [0.15, 0.2) is 0 Å². The van der Waals surface area contributed by atoms with Crippen molar-refractivity contribution >= 4 is 11.9 Å². The highest BCUT2D eigenvalue weighted by Crippen LogP contribution is 2.28. The average Bonchev–Trinajstić information content (AvgIpc) is 3.07. The fourth-order valence-electron chi connectivity index (χ4n) is 4.65. The summed E-state index contributed by atoms with van der Waals surface area (Å²) < 4.78 is 12.4. The first-order chi connectivity index (χ1) is 15.6. The largest absolute Gasteiger partial charge is 0.486 e. The number of pyridine rings is 2. The van der Waals surface area contributed by atoms with E-state index in [1.807, 2.05) is 17.0 Å². The molecular formula is C24H29N3O5. The van der Waals surface area contributed by atoms with Gasteiger partial charge in [-0.25, -0.2) is 4.79 Å². The van der Waals surface area contributed by atoms with Crippen molar-refractivity contribution in [2.45, 2.75) is 51.7 Å². The Balaban J connectivity index is 1.60. The molecule has 0 atom stereocenters. The Kier molecular flexibility index (Phi) is 6.87. The lowest BCUT2D eigenvalue weighted by atomic mass is 9.88. The van der Waals surface area contributed by atoms with E-state index < -0.39 is 5.97 Å². The summed E-state index contributed by atoms with van der Waals surface area (Å²) in [7, 11) is 1.31. The molecule has 0 unspecified atom stereocenters. The number of methoxy groups -OCH3 is 1. The Bertz CT molecular complexity index is 1030. The maximum atomic E-state index is 13.1. The van der Waals surface area contributed by atoms with E-state index in [1.165, 1.54) is 19.6 Å². The second kappa shape index (κ2) is 9.97. The topological polar surface area (TPSA) is 90.7 Å². The Morgan fingerprint density at radius 3 is 2.66 bits per heavy atom. The van der Waals surface area contributed by atoms with Crippen LogP contribution in [0.3, 0.4) is 0 Å². The molecule has 2 aliphatic rings. The first-order valence-corrected chi connectivity index (χ1v) is 11.2. The molecule has 0 saturated heterocycles. The number of esters is 1. The zero-order valence-electron chi connectivity index (χ0n) is 18.4. The molecule has 8 heteroatoms. The number of hydrogen-bond donors (Lipinski definition) is 0. The van der Waals surface area contributed by atoms with Gasteiger partial charge in [0.1, 0.15) is 17.9 Å². The fraction of sp³-hybridized carbons (Fsp3) is 0.500. The molecule has 0 bridgehead atoms. The van der Waals surface area contributed by atoms with Crippen molar-refractivity contribution in [3.63, 3.8) is 0 Å². The summed E-state index contributed by atoms with van der Waals surface area (Å²) in [4.78, 5) is 44.7. The van der Waals surface area contributed by atoms with Crippen LogP contribution >= 0.6 is 0 Å². The maximum Gasteiger partial charge on any atom is 0.343 e. The smallest absolute Gasteiger partial charge is 0.343 e. The third-order valence-electron chi connectivity index (χ3n) is 6.35. The summed E-state index contributed by atoms with van der Waals surface area (Å²) in [6.07, 6.45) is 7.28. The van der Waals surface area contributed by atoms with E-state index in [9.17, 15) is 14.4 Å². The van der Waals surface area contributed by atoms with E-state index in [4.69, 9.17) is 9.47 Å². The molecule has 0 N–H and O–H groups in total. The van der Waals surface area contributed by atoms with Crippen LogP contribution < -0.4 is 10.3 Å². The van der Waals surface area contributed by atoms with Crippen LogP contribution in [-0.2, 0) is 29.1 Å². The van der Waals surface area contributed by atoms with Gasteiger partial charge in [-0.2, -0.15) is 0 Å². The number of carbonyl (C=O) groups is 2. The van der Waals surface area contributed by atoms with Crippen molar-refractivity contribution in [1.82, 2.24) is 14.5 Å². The van der Waals surface area contributed by atoms with Gasteiger partial charge in [-0.3, -0.25) is 14.6 Å². The number of amides is 1. The Labute approximate surface area is 187 Å². The summed E-state index contributed by atoms with van der Waals surface area (Å²) in [6.45, 7) is 1.39. The first kappa shape index (κ1) is 22.0. The van der Waals surface area contributed by atoms with Gasteiger partial charge >= 0.3 is 5.97 Å². The second-order valence-electron chi connectivity index (χ2n) is 8.33. The summed E-state index contributed by atoms with van der Waals surface area (Å²) in [5.41, 5.74) is 1.23. The zero-order valence-corrected chi connectivity index (χ0v) is 18.4. The van der Waals surface area contributed by atoms with Crippen molar-refractivity contribution in [1.29, 1.82) is 0 Å². The van der Waals surface area contributed by atoms with Gasteiger partial charge in [0.2, 0.25) is 5.91 Å². The summed E-state index contributed by atoms with van der Waals surface area (Å²) in [5, 5.41) is 0. The maximum absolute atomic E-state index is 13.1. The van der Waals surface area contributed by atoms with E-state index in [-0.39, 0.29) is 35.3 Å². The highest BCUT2D eigenvalue weighted by molar-refractivity contribution is 5.93. The van der Waals surface area contributed by atoms with Crippen LogP contribution in [0.5, 0.6) is 5.75 Å². The molecule has 1 aliphatic heterocycles. The predicted molar refractivity (Wildman–Crippen MR) is 117 cm³/mol. The lowest BCUT2D eigenvalue weighted by molar-refractivity contribution is -0.136. The Hall–Kier alpha value is -3.16. The van der Waals surface area contributed by atoms with E-state index in [0.717, 1.165) is 25.7 Å². The number of ether oxygens (including phenoxy) is 2. The minimum atomic E-state index is -0.558. The summed E-state index contributed by atoms with van der Waals surface area (Å²) >= 11 is 0. The Morgan fingerprint density at radius 2 is 1.94 bits per heavy atom. The van der Waals surface area contributed by atoms with Crippen LogP contribution in [0.1, 0.15) is 53.8 Å². The van der Waals surface area contributed by atoms with Gasteiger partial charge < -0.3 is 18.9 Å². The van der Waals surface area contributed by atoms with Gasteiger partial charge in [0.25, 0.3) is 5.56 Å². The zero-order chi connectivity index (χ0) is 22.5. The lowest BCUT2D eigenvalue weighted by Gasteiger charge is -2.28. The highest BCUT2D eigenvalue weighted by atomic mass is 16.5. The van der Waals surface area contributed by atoms with Gasteiger partial charge in [-0.15, -0.1) is 0 Å². The molecule has 1 amide bonds. The van der Waals surface area contributed by atoms with Crippen molar-refractivity contribution < 1.29 is 19.1 Å². The number of aromatic nitrogens is 2. The highest BCUT2D eigenvalue weighted by Gasteiger charge is 2.30. The summed E-state index contributed by atoms with van der Waals surface area (Å²) in [5.74, 6) is -0.140. The predicted octanol–water partition coefficient (Wildman–Crippen LogP) is 2.57. The molecule has 2 aromatic heterocycles.